The maximum Gasteiger partial charge on any atom is 0.0921 e. The molecule has 0 saturated carbocycles. The van der Waals surface area contributed by atoms with Crippen molar-refractivity contribution >= 4 is 5.84 Å². The van der Waals surface area contributed by atoms with E-state index < -0.39 is 0 Å². The van der Waals surface area contributed by atoms with Gasteiger partial charge in [-0.15, -0.1) is 0 Å². The number of ether oxygens (including phenoxy) is 1. The molecule has 1 fully saturated rings. The number of likely N-dealkylation sites (tertiary alicyclic amines) is 1. The number of hydrogen-bond acceptors (Lipinski definition) is 3. The lowest BCUT2D eigenvalue weighted by atomic mass is 10.0. The van der Waals surface area contributed by atoms with Crippen LogP contribution in [-0.2, 0) is 4.74 Å². The molecule has 1 rings (SSSR count). The second kappa shape index (κ2) is 6.08. The van der Waals surface area contributed by atoms with Gasteiger partial charge in [0.15, 0.2) is 0 Å². The van der Waals surface area contributed by atoms with Gasteiger partial charge < -0.3 is 10.5 Å². The van der Waals surface area contributed by atoms with Gasteiger partial charge in [-0.25, -0.2) is 0 Å². The lowest BCUT2D eigenvalue weighted by Crippen LogP contribution is -2.46. The molecule has 1 saturated heterocycles. The maximum absolute atomic E-state index is 7.36. The Bertz CT molecular complexity index is 208. The minimum Gasteiger partial charge on any atom is -0.388 e. The number of rotatable bonds is 5. The van der Waals surface area contributed by atoms with Crippen LogP contribution in [0.1, 0.15) is 32.6 Å². The van der Waals surface area contributed by atoms with Crippen LogP contribution in [0.5, 0.6) is 0 Å². The zero-order chi connectivity index (χ0) is 11.3. The van der Waals surface area contributed by atoms with Gasteiger partial charge in [0.25, 0.3) is 0 Å². The molecule has 4 nitrogen and oxygen atoms in total. The van der Waals surface area contributed by atoms with E-state index in [4.69, 9.17) is 15.9 Å². The number of piperidine rings is 1. The summed E-state index contributed by atoms with van der Waals surface area (Å²) >= 11 is 0. The average molecular weight is 213 g/mol. The van der Waals surface area contributed by atoms with Crippen molar-refractivity contribution in [3.63, 3.8) is 0 Å². The van der Waals surface area contributed by atoms with Crippen LogP contribution in [0.4, 0.5) is 0 Å². The van der Waals surface area contributed by atoms with E-state index in [0.717, 1.165) is 25.9 Å². The van der Waals surface area contributed by atoms with Gasteiger partial charge in [0.2, 0.25) is 0 Å². The molecule has 1 aliphatic heterocycles. The predicted octanol–water partition coefficient (Wildman–Crippen LogP) is 1.20. The molecule has 0 aromatic rings. The fraction of sp³-hybridized carbons (Fsp3) is 0.909. The lowest BCUT2D eigenvalue weighted by Gasteiger charge is -2.37. The van der Waals surface area contributed by atoms with Crippen molar-refractivity contribution in [2.45, 2.75) is 44.8 Å². The SMILES string of the molecule is CCC(CC(=N)N)N1CCCC(OC)C1. The molecule has 0 amide bonds. The molecule has 0 aromatic carbocycles. The van der Waals surface area contributed by atoms with Gasteiger partial charge >= 0.3 is 0 Å². The number of hydrogen-bond donors (Lipinski definition) is 2. The highest BCUT2D eigenvalue weighted by Gasteiger charge is 2.24. The van der Waals surface area contributed by atoms with Crippen LogP contribution < -0.4 is 5.73 Å². The van der Waals surface area contributed by atoms with E-state index in [9.17, 15) is 0 Å². The van der Waals surface area contributed by atoms with E-state index in [0.29, 0.717) is 24.4 Å². The van der Waals surface area contributed by atoms with Crippen LogP contribution in [-0.4, -0.2) is 43.1 Å². The Morgan fingerprint density at radius 2 is 2.40 bits per heavy atom. The highest BCUT2D eigenvalue weighted by Crippen LogP contribution is 2.18. The largest absolute Gasteiger partial charge is 0.388 e. The summed E-state index contributed by atoms with van der Waals surface area (Å²) in [6.07, 6.45) is 4.44. The topological polar surface area (TPSA) is 62.3 Å². The maximum atomic E-state index is 7.36. The van der Waals surface area contributed by atoms with E-state index in [2.05, 4.69) is 11.8 Å². The Labute approximate surface area is 92.3 Å². The molecule has 4 heteroatoms. The fourth-order valence-corrected chi connectivity index (χ4v) is 2.28. The van der Waals surface area contributed by atoms with Crippen LogP contribution in [0.15, 0.2) is 0 Å². The molecule has 2 unspecified atom stereocenters. The van der Waals surface area contributed by atoms with Crippen LogP contribution in [0, 0.1) is 5.41 Å². The zero-order valence-electron chi connectivity index (χ0n) is 9.83. The Kier molecular flexibility index (Phi) is 5.05. The minimum absolute atomic E-state index is 0.293. The molecular formula is C11H23N3O. The second-order valence-corrected chi connectivity index (χ2v) is 4.29. The molecule has 0 aliphatic carbocycles. The first-order valence-corrected chi connectivity index (χ1v) is 5.77. The van der Waals surface area contributed by atoms with Gasteiger partial charge in [-0.05, 0) is 25.8 Å². The van der Waals surface area contributed by atoms with Crippen LogP contribution in [0.25, 0.3) is 0 Å². The molecule has 0 aromatic heterocycles. The van der Waals surface area contributed by atoms with E-state index in [-0.39, 0.29) is 0 Å². The van der Waals surface area contributed by atoms with E-state index >= 15 is 0 Å². The highest BCUT2D eigenvalue weighted by atomic mass is 16.5. The quantitative estimate of drug-likeness (QED) is 0.533. The standard InChI is InChI=1S/C11H23N3O/c1-3-9(7-11(12)13)14-6-4-5-10(8-14)15-2/h9-10H,3-8H2,1-2H3,(H3,12,13). The summed E-state index contributed by atoms with van der Waals surface area (Å²) in [5, 5.41) is 7.36. The number of methoxy groups -OCH3 is 1. The minimum atomic E-state index is 0.293. The Morgan fingerprint density at radius 3 is 2.93 bits per heavy atom. The summed E-state index contributed by atoms with van der Waals surface area (Å²) in [7, 11) is 1.78. The summed E-state index contributed by atoms with van der Waals surface area (Å²) < 4.78 is 5.39. The Morgan fingerprint density at radius 1 is 1.67 bits per heavy atom. The highest BCUT2D eigenvalue weighted by molar-refractivity contribution is 5.77. The third-order valence-corrected chi connectivity index (χ3v) is 3.19. The normalized spacial score (nSPS) is 25.1. The van der Waals surface area contributed by atoms with Crippen LogP contribution >= 0.6 is 0 Å². The first-order chi connectivity index (χ1) is 7.17. The van der Waals surface area contributed by atoms with Gasteiger partial charge in [-0.2, -0.15) is 0 Å². The van der Waals surface area contributed by atoms with Gasteiger partial charge in [0.1, 0.15) is 0 Å². The van der Waals surface area contributed by atoms with Crippen molar-refractivity contribution in [2.75, 3.05) is 20.2 Å². The van der Waals surface area contributed by atoms with E-state index in [1.54, 1.807) is 7.11 Å². The molecule has 3 N–H and O–H groups in total. The summed E-state index contributed by atoms with van der Waals surface area (Å²) in [6, 6.07) is 0.417. The second-order valence-electron chi connectivity index (χ2n) is 4.29. The van der Waals surface area contributed by atoms with E-state index in [1.807, 2.05) is 0 Å². The molecule has 0 bridgehead atoms. The first kappa shape index (κ1) is 12.5. The number of amidine groups is 1. The summed E-state index contributed by atoms with van der Waals surface area (Å²) in [5.74, 6) is 0.293. The Balaban J connectivity index is 2.47. The fourth-order valence-electron chi connectivity index (χ4n) is 2.28. The zero-order valence-corrected chi connectivity index (χ0v) is 9.83. The monoisotopic (exact) mass is 213 g/mol. The lowest BCUT2D eigenvalue weighted by molar-refractivity contribution is 0.0149. The molecular weight excluding hydrogens is 190 g/mol. The summed E-state index contributed by atoms with van der Waals surface area (Å²) in [5.41, 5.74) is 5.47. The smallest absolute Gasteiger partial charge is 0.0921 e. The molecule has 15 heavy (non-hydrogen) atoms. The first-order valence-electron chi connectivity index (χ1n) is 5.77. The van der Waals surface area contributed by atoms with Crippen LogP contribution in [0.2, 0.25) is 0 Å². The summed E-state index contributed by atoms with van der Waals surface area (Å²) in [4.78, 5) is 2.42. The van der Waals surface area contributed by atoms with Crippen molar-refractivity contribution in [1.82, 2.24) is 4.90 Å². The predicted molar refractivity (Wildman–Crippen MR) is 62.2 cm³/mol. The molecule has 88 valence electrons. The molecule has 1 aliphatic rings. The number of nitrogens with zero attached hydrogens (tertiary/aromatic N) is 1. The van der Waals surface area contributed by atoms with Crippen LogP contribution in [0.3, 0.4) is 0 Å². The average Bonchev–Trinajstić information content (AvgIpc) is 2.25. The van der Waals surface area contributed by atoms with Crippen molar-refractivity contribution in [3.8, 4) is 0 Å². The summed E-state index contributed by atoms with van der Waals surface area (Å²) in [6.45, 7) is 4.26. The molecule has 0 radical (unpaired) electrons. The molecule has 0 spiro atoms. The van der Waals surface area contributed by atoms with Crippen molar-refractivity contribution in [2.24, 2.45) is 5.73 Å². The van der Waals surface area contributed by atoms with Gasteiger partial charge in [-0.1, -0.05) is 6.92 Å². The Hall–Kier alpha value is -0.610. The number of nitrogens with two attached hydrogens (primary N) is 1. The van der Waals surface area contributed by atoms with Gasteiger partial charge in [0.05, 0.1) is 11.9 Å². The van der Waals surface area contributed by atoms with Gasteiger partial charge in [0, 0.05) is 26.1 Å². The van der Waals surface area contributed by atoms with Crippen molar-refractivity contribution < 1.29 is 4.74 Å². The van der Waals surface area contributed by atoms with E-state index in [1.165, 1.54) is 6.42 Å². The number of nitrogens with one attached hydrogen (secondary N) is 1. The van der Waals surface area contributed by atoms with Crippen molar-refractivity contribution in [1.29, 1.82) is 5.41 Å². The molecule has 1 heterocycles. The molecule has 2 atom stereocenters. The van der Waals surface area contributed by atoms with Crippen molar-refractivity contribution in [3.05, 3.63) is 0 Å². The third-order valence-electron chi connectivity index (χ3n) is 3.19. The third kappa shape index (κ3) is 3.80. The van der Waals surface area contributed by atoms with Gasteiger partial charge in [-0.3, -0.25) is 10.3 Å².